The molecule has 1 saturated heterocycles. The summed E-state index contributed by atoms with van der Waals surface area (Å²) in [6.07, 6.45) is 7.98. The number of nitriles is 1. The maximum absolute atomic E-state index is 13.1. The third kappa shape index (κ3) is 3.34. The van der Waals surface area contributed by atoms with Crippen molar-refractivity contribution in [3.05, 3.63) is 18.2 Å². The van der Waals surface area contributed by atoms with Crippen molar-refractivity contribution >= 4 is 10.0 Å². The average molecular weight is 352 g/mol. The number of ether oxygens (including phenoxy) is 1. The second-order valence-electron chi connectivity index (χ2n) is 6.86. The molecular weight excluding hydrogens is 328 g/mol. The molecule has 2 heterocycles. The highest BCUT2D eigenvalue weighted by molar-refractivity contribution is 7.89. The summed E-state index contributed by atoms with van der Waals surface area (Å²) in [6, 6.07) is 1.96. The van der Waals surface area contributed by atoms with Gasteiger partial charge in [-0.05, 0) is 19.3 Å². The minimum atomic E-state index is -3.58. The third-order valence-electron chi connectivity index (χ3n) is 5.25. The summed E-state index contributed by atoms with van der Waals surface area (Å²) in [7, 11) is -1.98. The van der Waals surface area contributed by atoms with Gasteiger partial charge in [-0.2, -0.15) is 9.57 Å². The van der Waals surface area contributed by atoms with E-state index < -0.39 is 15.4 Å². The van der Waals surface area contributed by atoms with Crippen LogP contribution in [0.2, 0.25) is 0 Å². The van der Waals surface area contributed by atoms with Crippen LogP contribution in [0.15, 0.2) is 12.4 Å². The Kier molecular flexibility index (Phi) is 4.95. The van der Waals surface area contributed by atoms with E-state index in [4.69, 9.17) is 4.74 Å². The summed E-state index contributed by atoms with van der Waals surface area (Å²) in [5, 5.41) is 9.62. The molecule has 0 aromatic carbocycles. The lowest BCUT2D eigenvalue weighted by molar-refractivity contribution is 0.114. The van der Waals surface area contributed by atoms with Crippen molar-refractivity contribution in [3.8, 4) is 6.07 Å². The van der Waals surface area contributed by atoms with Crippen molar-refractivity contribution in [2.24, 2.45) is 5.41 Å². The molecule has 1 aromatic rings. The fourth-order valence-electron chi connectivity index (χ4n) is 3.90. The van der Waals surface area contributed by atoms with Gasteiger partial charge in [0.1, 0.15) is 5.82 Å². The molecule has 1 saturated carbocycles. The molecule has 0 amide bonds. The molecule has 0 radical (unpaired) electrons. The summed E-state index contributed by atoms with van der Waals surface area (Å²) in [5.41, 5.74) is -0.754. The molecule has 2 atom stereocenters. The van der Waals surface area contributed by atoms with Gasteiger partial charge < -0.3 is 9.72 Å². The monoisotopic (exact) mass is 352 g/mol. The van der Waals surface area contributed by atoms with Crippen LogP contribution in [-0.2, 0) is 14.8 Å². The van der Waals surface area contributed by atoms with E-state index in [2.05, 4.69) is 16.0 Å². The highest BCUT2D eigenvalue weighted by Crippen LogP contribution is 2.40. The lowest BCUT2D eigenvalue weighted by atomic mass is 9.77. The fraction of sp³-hybridized carbons (Fsp3) is 0.750. The predicted molar refractivity (Wildman–Crippen MR) is 88.4 cm³/mol. The van der Waals surface area contributed by atoms with Gasteiger partial charge in [0.25, 0.3) is 0 Å². The van der Waals surface area contributed by atoms with Crippen LogP contribution in [0.5, 0.6) is 0 Å². The molecule has 1 aliphatic heterocycles. The minimum Gasteiger partial charge on any atom is -0.380 e. The molecule has 1 aromatic heterocycles. The van der Waals surface area contributed by atoms with E-state index in [1.807, 2.05) is 0 Å². The van der Waals surface area contributed by atoms with Crippen molar-refractivity contribution < 1.29 is 13.2 Å². The van der Waals surface area contributed by atoms with Crippen LogP contribution in [0.3, 0.4) is 0 Å². The summed E-state index contributed by atoms with van der Waals surface area (Å²) in [6.45, 7) is 0.311. The van der Waals surface area contributed by atoms with Gasteiger partial charge in [-0.25, -0.2) is 13.4 Å². The zero-order valence-corrected chi connectivity index (χ0v) is 14.8. The topological polar surface area (TPSA) is 99.1 Å². The molecule has 1 N–H and O–H groups in total. The van der Waals surface area contributed by atoms with E-state index in [1.165, 1.54) is 4.31 Å². The second kappa shape index (κ2) is 6.82. The number of imidazole rings is 1. The van der Waals surface area contributed by atoms with Crippen LogP contribution in [-0.4, -0.2) is 48.2 Å². The Labute approximate surface area is 143 Å². The van der Waals surface area contributed by atoms with Gasteiger partial charge in [0.2, 0.25) is 10.0 Å². The van der Waals surface area contributed by atoms with Crippen LogP contribution >= 0.6 is 0 Å². The van der Waals surface area contributed by atoms with E-state index in [1.54, 1.807) is 19.5 Å². The van der Waals surface area contributed by atoms with E-state index in [0.717, 1.165) is 19.3 Å². The van der Waals surface area contributed by atoms with Crippen molar-refractivity contribution in [2.45, 2.75) is 50.7 Å². The molecule has 24 heavy (non-hydrogen) atoms. The van der Waals surface area contributed by atoms with Crippen LogP contribution in [0.1, 0.15) is 50.4 Å². The Hall–Kier alpha value is -1.43. The zero-order chi connectivity index (χ0) is 17.2. The smallest absolute Gasteiger partial charge is 0.216 e. The van der Waals surface area contributed by atoms with Gasteiger partial charge in [-0.1, -0.05) is 19.3 Å². The summed E-state index contributed by atoms with van der Waals surface area (Å²) < 4.78 is 33.1. The Balaban J connectivity index is 1.85. The Morgan fingerprint density at radius 2 is 2.21 bits per heavy atom. The van der Waals surface area contributed by atoms with Gasteiger partial charge in [-0.3, -0.25) is 0 Å². The molecule has 2 fully saturated rings. The Bertz CT molecular complexity index is 689. The lowest BCUT2D eigenvalue weighted by Crippen LogP contribution is -2.40. The van der Waals surface area contributed by atoms with Crippen LogP contribution < -0.4 is 0 Å². The van der Waals surface area contributed by atoms with E-state index in [-0.39, 0.29) is 17.9 Å². The molecule has 7 nitrogen and oxygen atoms in total. The molecule has 0 bridgehead atoms. The first-order chi connectivity index (χ1) is 11.5. The Morgan fingerprint density at radius 3 is 2.79 bits per heavy atom. The van der Waals surface area contributed by atoms with Crippen molar-refractivity contribution in [3.63, 3.8) is 0 Å². The SMILES string of the molecule is CO[C@@H]1CC(c2ncc[nH]2)N(S(=O)(=O)CC2(C#N)CCCCC2)C1. The standard InChI is InChI=1S/C16H24N4O3S/c1-23-13-9-14(15-18-7-8-19-15)20(10-13)24(21,22)12-16(11-17)5-3-2-4-6-16/h7-8,13-14H,2-6,9-10,12H2,1H3,(H,18,19)/t13-,14?/m1/s1. The van der Waals surface area contributed by atoms with E-state index in [9.17, 15) is 13.7 Å². The molecule has 8 heteroatoms. The first kappa shape index (κ1) is 17.4. The molecule has 132 valence electrons. The number of methoxy groups -OCH3 is 1. The largest absolute Gasteiger partial charge is 0.380 e. The molecule has 1 unspecified atom stereocenters. The van der Waals surface area contributed by atoms with Gasteiger partial charge in [0.05, 0.1) is 29.4 Å². The second-order valence-corrected chi connectivity index (χ2v) is 8.78. The normalized spacial score (nSPS) is 27.8. The molecule has 1 aliphatic carbocycles. The van der Waals surface area contributed by atoms with Crippen molar-refractivity contribution in [2.75, 3.05) is 19.4 Å². The number of nitrogens with one attached hydrogen (secondary N) is 1. The summed E-state index contributed by atoms with van der Waals surface area (Å²) in [5.74, 6) is 0.525. The number of hydrogen-bond acceptors (Lipinski definition) is 5. The zero-order valence-electron chi connectivity index (χ0n) is 13.9. The summed E-state index contributed by atoms with van der Waals surface area (Å²) in [4.78, 5) is 7.25. The third-order valence-corrected chi connectivity index (χ3v) is 7.29. The van der Waals surface area contributed by atoms with Crippen LogP contribution in [0.25, 0.3) is 0 Å². The number of aromatic amines is 1. The molecule has 0 spiro atoms. The van der Waals surface area contributed by atoms with Gasteiger partial charge in [0, 0.05) is 26.0 Å². The van der Waals surface area contributed by atoms with Crippen molar-refractivity contribution in [1.29, 1.82) is 5.26 Å². The Morgan fingerprint density at radius 1 is 1.46 bits per heavy atom. The van der Waals surface area contributed by atoms with E-state index >= 15 is 0 Å². The average Bonchev–Trinajstić information content (AvgIpc) is 3.24. The molecule has 2 aliphatic rings. The number of aromatic nitrogens is 2. The molecule has 3 rings (SSSR count). The number of sulfonamides is 1. The van der Waals surface area contributed by atoms with Gasteiger partial charge >= 0.3 is 0 Å². The maximum atomic E-state index is 13.1. The van der Waals surface area contributed by atoms with Crippen LogP contribution in [0.4, 0.5) is 0 Å². The highest BCUT2D eigenvalue weighted by atomic mass is 32.2. The first-order valence-electron chi connectivity index (χ1n) is 8.42. The van der Waals surface area contributed by atoms with Crippen molar-refractivity contribution in [1.82, 2.24) is 14.3 Å². The minimum absolute atomic E-state index is 0.107. The quantitative estimate of drug-likeness (QED) is 0.873. The number of rotatable bonds is 5. The summed E-state index contributed by atoms with van der Waals surface area (Å²) >= 11 is 0. The number of hydrogen-bond donors (Lipinski definition) is 1. The van der Waals surface area contributed by atoms with E-state index in [0.29, 0.717) is 31.6 Å². The van der Waals surface area contributed by atoms with Gasteiger partial charge in [0.15, 0.2) is 0 Å². The fourth-order valence-corrected chi connectivity index (χ4v) is 6.09. The van der Waals surface area contributed by atoms with Gasteiger partial charge in [-0.15, -0.1) is 0 Å². The predicted octanol–water partition coefficient (Wildman–Crippen LogP) is 1.98. The number of nitrogens with zero attached hydrogens (tertiary/aromatic N) is 3. The maximum Gasteiger partial charge on any atom is 0.216 e. The first-order valence-corrected chi connectivity index (χ1v) is 10.0. The molecular formula is C16H24N4O3S. The number of H-pyrrole nitrogens is 1. The highest BCUT2D eigenvalue weighted by Gasteiger charge is 2.46. The lowest BCUT2D eigenvalue weighted by Gasteiger charge is -2.33. The van der Waals surface area contributed by atoms with Crippen LogP contribution in [0, 0.1) is 16.7 Å².